The Morgan fingerprint density at radius 2 is 2.36 bits per heavy atom. The summed E-state index contributed by atoms with van der Waals surface area (Å²) in [6.07, 6.45) is 4.26. The molecule has 1 aliphatic carbocycles. The maximum atomic E-state index is 3.39. The lowest BCUT2D eigenvalue weighted by Gasteiger charge is -2.30. The Bertz CT molecular complexity index is 158. The van der Waals surface area contributed by atoms with Gasteiger partial charge < -0.3 is 10.2 Å². The van der Waals surface area contributed by atoms with E-state index in [9.17, 15) is 0 Å². The normalized spacial score (nSPS) is 44.7. The fourth-order valence-corrected chi connectivity index (χ4v) is 2.60. The minimum Gasteiger partial charge on any atom is -0.316 e. The predicted molar refractivity (Wildman–Crippen MR) is 46.6 cm³/mol. The van der Waals surface area contributed by atoms with Crippen molar-refractivity contribution in [2.45, 2.75) is 25.3 Å². The molecule has 2 heteroatoms. The van der Waals surface area contributed by atoms with Crippen molar-refractivity contribution in [2.75, 3.05) is 27.2 Å². The van der Waals surface area contributed by atoms with Crippen molar-refractivity contribution >= 4 is 0 Å². The van der Waals surface area contributed by atoms with E-state index in [1.54, 1.807) is 0 Å². The Balaban J connectivity index is 1.95. The van der Waals surface area contributed by atoms with Crippen LogP contribution in [0, 0.1) is 5.41 Å². The number of nitrogens with one attached hydrogen (secondary N) is 1. The van der Waals surface area contributed by atoms with E-state index in [4.69, 9.17) is 0 Å². The highest BCUT2D eigenvalue weighted by molar-refractivity contribution is 5.09. The van der Waals surface area contributed by atoms with Crippen LogP contribution >= 0.6 is 0 Å². The van der Waals surface area contributed by atoms with Gasteiger partial charge in [-0.1, -0.05) is 0 Å². The van der Waals surface area contributed by atoms with Gasteiger partial charge >= 0.3 is 0 Å². The molecule has 0 amide bonds. The Morgan fingerprint density at radius 1 is 1.55 bits per heavy atom. The molecule has 2 unspecified atom stereocenters. The first-order valence-electron chi connectivity index (χ1n) is 4.63. The molecule has 1 saturated carbocycles. The van der Waals surface area contributed by atoms with Gasteiger partial charge in [0.15, 0.2) is 0 Å². The molecule has 2 fully saturated rings. The van der Waals surface area contributed by atoms with Crippen LogP contribution in [-0.4, -0.2) is 38.1 Å². The molecular weight excluding hydrogens is 136 g/mol. The Morgan fingerprint density at radius 3 is 2.91 bits per heavy atom. The van der Waals surface area contributed by atoms with E-state index in [1.165, 1.54) is 32.4 Å². The number of rotatable bonds is 1. The van der Waals surface area contributed by atoms with Crippen LogP contribution in [0.1, 0.15) is 19.3 Å². The van der Waals surface area contributed by atoms with Crippen LogP contribution < -0.4 is 5.32 Å². The molecule has 1 spiro atoms. The number of hydrogen-bond donors (Lipinski definition) is 1. The molecule has 0 aromatic carbocycles. The first-order valence-corrected chi connectivity index (χ1v) is 4.63. The third-order valence-corrected chi connectivity index (χ3v) is 3.34. The van der Waals surface area contributed by atoms with Crippen molar-refractivity contribution in [3.05, 3.63) is 0 Å². The average Bonchev–Trinajstić information content (AvgIpc) is 2.63. The molecule has 2 rings (SSSR count). The van der Waals surface area contributed by atoms with E-state index >= 15 is 0 Å². The van der Waals surface area contributed by atoms with E-state index in [1.807, 2.05) is 0 Å². The molecule has 1 saturated heterocycles. The zero-order chi connectivity index (χ0) is 7.90. The molecular formula is C9H18N2. The average molecular weight is 154 g/mol. The van der Waals surface area contributed by atoms with Crippen molar-refractivity contribution in [2.24, 2.45) is 5.41 Å². The van der Waals surface area contributed by atoms with Crippen LogP contribution in [0.4, 0.5) is 0 Å². The zero-order valence-corrected chi connectivity index (χ0v) is 7.56. The van der Waals surface area contributed by atoms with Gasteiger partial charge in [-0.25, -0.2) is 0 Å². The van der Waals surface area contributed by atoms with Gasteiger partial charge in [-0.3, -0.25) is 0 Å². The standard InChI is InChI=1S/C9H18N2/c1-10-8-6-9(8)4-3-5-11(2)7-9/h8,10H,3-7H2,1-2H3. The molecule has 0 bridgehead atoms. The molecule has 1 N–H and O–H groups in total. The highest BCUT2D eigenvalue weighted by Crippen LogP contribution is 2.51. The van der Waals surface area contributed by atoms with Crippen molar-refractivity contribution in [1.82, 2.24) is 10.2 Å². The first-order chi connectivity index (χ1) is 5.27. The molecule has 11 heavy (non-hydrogen) atoms. The summed E-state index contributed by atoms with van der Waals surface area (Å²) in [5.41, 5.74) is 0.682. The van der Waals surface area contributed by atoms with Gasteiger partial charge in [0.05, 0.1) is 0 Å². The van der Waals surface area contributed by atoms with Crippen LogP contribution in [0.15, 0.2) is 0 Å². The van der Waals surface area contributed by atoms with Crippen molar-refractivity contribution in [1.29, 1.82) is 0 Å². The van der Waals surface area contributed by atoms with Crippen molar-refractivity contribution < 1.29 is 0 Å². The summed E-state index contributed by atoms with van der Waals surface area (Å²) < 4.78 is 0. The van der Waals surface area contributed by atoms with Gasteiger partial charge in [0.1, 0.15) is 0 Å². The second kappa shape index (κ2) is 2.46. The molecule has 2 atom stereocenters. The largest absolute Gasteiger partial charge is 0.316 e. The topological polar surface area (TPSA) is 15.3 Å². The van der Waals surface area contributed by atoms with Crippen LogP contribution in [0.2, 0.25) is 0 Å². The van der Waals surface area contributed by atoms with E-state index in [2.05, 4.69) is 24.3 Å². The maximum absolute atomic E-state index is 3.39. The summed E-state index contributed by atoms with van der Waals surface area (Å²) in [6, 6.07) is 0.824. The molecule has 0 aromatic rings. The second-order valence-corrected chi connectivity index (χ2v) is 4.25. The van der Waals surface area contributed by atoms with Gasteiger partial charge in [-0.2, -0.15) is 0 Å². The van der Waals surface area contributed by atoms with Crippen LogP contribution in [-0.2, 0) is 0 Å². The molecule has 0 aromatic heterocycles. The maximum Gasteiger partial charge on any atom is 0.0140 e. The van der Waals surface area contributed by atoms with E-state index in [0.29, 0.717) is 5.41 Å². The summed E-state index contributed by atoms with van der Waals surface area (Å²) in [5.74, 6) is 0. The summed E-state index contributed by atoms with van der Waals surface area (Å²) in [4.78, 5) is 2.47. The molecule has 1 aliphatic heterocycles. The highest BCUT2D eigenvalue weighted by Gasteiger charge is 2.54. The fraction of sp³-hybridized carbons (Fsp3) is 1.00. The lowest BCUT2D eigenvalue weighted by molar-refractivity contribution is 0.186. The van der Waals surface area contributed by atoms with Gasteiger partial charge in [0.25, 0.3) is 0 Å². The lowest BCUT2D eigenvalue weighted by atomic mass is 9.94. The minimum absolute atomic E-state index is 0.682. The molecule has 2 aliphatic rings. The van der Waals surface area contributed by atoms with Crippen LogP contribution in [0.25, 0.3) is 0 Å². The molecule has 2 nitrogen and oxygen atoms in total. The quantitative estimate of drug-likeness (QED) is 0.598. The Labute approximate surface area is 69.0 Å². The van der Waals surface area contributed by atoms with E-state index in [-0.39, 0.29) is 0 Å². The minimum atomic E-state index is 0.682. The predicted octanol–water partition coefficient (Wildman–Crippen LogP) is 0.690. The summed E-state index contributed by atoms with van der Waals surface area (Å²) in [5, 5.41) is 3.39. The number of likely N-dealkylation sites (tertiary alicyclic amines) is 1. The Kier molecular flexibility index (Phi) is 1.69. The van der Waals surface area contributed by atoms with Gasteiger partial charge in [0.2, 0.25) is 0 Å². The summed E-state index contributed by atoms with van der Waals surface area (Å²) in [7, 11) is 4.33. The van der Waals surface area contributed by atoms with Crippen molar-refractivity contribution in [3.8, 4) is 0 Å². The zero-order valence-electron chi connectivity index (χ0n) is 7.56. The third-order valence-electron chi connectivity index (χ3n) is 3.34. The van der Waals surface area contributed by atoms with Crippen molar-refractivity contribution in [3.63, 3.8) is 0 Å². The highest BCUT2D eigenvalue weighted by atomic mass is 15.1. The summed E-state index contributed by atoms with van der Waals surface area (Å²) in [6.45, 7) is 2.62. The fourth-order valence-electron chi connectivity index (χ4n) is 2.60. The molecule has 64 valence electrons. The monoisotopic (exact) mass is 154 g/mol. The summed E-state index contributed by atoms with van der Waals surface area (Å²) >= 11 is 0. The van der Waals surface area contributed by atoms with Crippen LogP contribution in [0.5, 0.6) is 0 Å². The van der Waals surface area contributed by atoms with Gasteiger partial charge in [0, 0.05) is 12.6 Å². The van der Waals surface area contributed by atoms with Gasteiger partial charge in [-0.05, 0) is 45.3 Å². The molecule has 0 radical (unpaired) electrons. The van der Waals surface area contributed by atoms with Gasteiger partial charge in [-0.15, -0.1) is 0 Å². The number of piperidine rings is 1. The van der Waals surface area contributed by atoms with Crippen LogP contribution in [0.3, 0.4) is 0 Å². The van der Waals surface area contributed by atoms with E-state index in [0.717, 1.165) is 6.04 Å². The molecule has 1 heterocycles. The lowest BCUT2D eigenvalue weighted by Crippen LogP contribution is -2.37. The van der Waals surface area contributed by atoms with E-state index < -0.39 is 0 Å². The smallest absolute Gasteiger partial charge is 0.0140 e. The third kappa shape index (κ3) is 1.18. The second-order valence-electron chi connectivity index (χ2n) is 4.25. The number of hydrogen-bond acceptors (Lipinski definition) is 2. The first kappa shape index (κ1) is 7.56. The number of nitrogens with zero attached hydrogens (tertiary/aromatic N) is 1. The SMILES string of the molecule is CNC1CC12CCCN(C)C2. The Hall–Kier alpha value is -0.0800.